The molecule has 0 aromatic heterocycles. The largest absolute Gasteiger partial charge is 0.481 e. The van der Waals surface area contributed by atoms with Gasteiger partial charge in [0.05, 0.1) is 11.8 Å². The van der Waals surface area contributed by atoms with Crippen molar-refractivity contribution in [1.29, 1.82) is 0 Å². The minimum absolute atomic E-state index is 0.0169. The molecule has 2 bridgehead atoms. The molecule has 1 N–H and O–H groups in total. The lowest BCUT2D eigenvalue weighted by Gasteiger charge is -2.31. The molecule has 4 heteroatoms. The summed E-state index contributed by atoms with van der Waals surface area (Å²) in [5.41, 5.74) is 2.10. The molecule has 27 heavy (non-hydrogen) atoms. The van der Waals surface area contributed by atoms with Crippen molar-refractivity contribution in [3.63, 3.8) is 0 Å². The third-order valence-corrected chi connectivity index (χ3v) is 5.77. The highest BCUT2D eigenvalue weighted by Gasteiger charge is 2.52. The zero-order chi connectivity index (χ0) is 18.8. The lowest BCUT2D eigenvalue weighted by molar-refractivity contribution is -0.151. The second kappa shape index (κ2) is 7.39. The number of aliphatic carboxylic acids is 1. The minimum atomic E-state index is -0.857. The average molecular weight is 361 g/mol. The van der Waals surface area contributed by atoms with Gasteiger partial charge in [-0.2, -0.15) is 0 Å². The smallest absolute Gasteiger partial charge is 0.307 e. The predicted octanol–water partition coefficient (Wildman–Crippen LogP) is 3.74. The third-order valence-electron chi connectivity index (χ3n) is 5.77. The number of benzene rings is 2. The van der Waals surface area contributed by atoms with Crippen LogP contribution in [0.5, 0.6) is 0 Å². The maximum Gasteiger partial charge on any atom is 0.307 e. The van der Waals surface area contributed by atoms with Gasteiger partial charge in [0, 0.05) is 13.1 Å². The van der Waals surface area contributed by atoms with E-state index in [-0.39, 0.29) is 17.7 Å². The monoisotopic (exact) mass is 361 g/mol. The van der Waals surface area contributed by atoms with E-state index in [4.69, 9.17) is 0 Å². The van der Waals surface area contributed by atoms with Gasteiger partial charge in [0.15, 0.2) is 0 Å². The molecule has 1 fully saturated rings. The van der Waals surface area contributed by atoms with Gasteiger partial charge >= 0.3 is 5.97 Å². The van der Waals surface area contributed by atoms with E-state index in [1.165, 1.54) is 0 Å². The fourth-order valence-electron chi connectivity index (χ4n) is 4.53. The Morgan fingerprint density at radius 2 is 1.30 bits per heavy atom. The van der Waals surface area contributed by atoms with Gasteiger partial charge in [0.1, 0.15) is 0 Å². The SMILES string of the molecule is O=C(O)C1C2C=CC(C2)C1C(=O)N(Cc1ccccc1)Cc1ccccc1. The van der Waals surface area contributed by atoms with Crippen LogP contribution in [0, 0.1) is 23.7 Å². The lowest BCUT2D eigenvalue weighted by Crippen LogP contribution is -2.42. The van der Waals surface area contributed by atoms with Crippen molar-refractivity contribution >= 4 is 11.9 Å². The van der Waals surface area contributed by atoms with Gasteiger partial charge in [0.2, 0.25) is 5.91 Å². The molecule has 1 amide bonds. The van der Waals surface area contributed by atoms with Crippen LogP contribution in [-0.2, 0) is 22.7 Å². The van der Waals surface area contributed by atoms with E-state index in [1.54, 1.807) is 0 Å². The zero-order valence-corrected chi connectivity index (χ0v) is 15.1. The molecule has 4 rings (SSSR count). The number of carbonyl (C=O) groups excluding carboxylic acids is 1. The molecule has 0 saturated heterocycles. The van der Waals surface area contributed by atoms with Gasteiger partial charge in [-0.3, -0.25) is 9.59 Å². The molecule has 4 nitrogen and oxygen atoms in total. The summed E-state index contributed by atoms with van der Waals surface area (Å²) < 4.78 is 0. The zero-order valence-electron chi connectivity index (χ0n) is 15.1. The molecule has 2 aliphatic rings. The van der Waals surface area contributed by atoms with E-state index in [2.05, 4.69) is 0 Å². The number of hydrogen-bond donors (Lipinski definition) is 1. The van der Waals surface area contributed by atoms with Crippen molar-refractivity contribution in [3.8, 4) is 0 Å². The van der Waals surface area contributed by atoms with E-state index >= 15 is 0 Å². The Morgan fingerprint density at radius 1 is 0.815 bits per heavy atom. The fourth-order valence-corrected chi connectivity index (χ4v) is 4.53. The molecular formula is C23H23NO3. The normalized spacial score (nSPS) is 25.5. The molecule has 4 unspecified atom stereocenters. The minimum Gasteiger partial charge on any atom is -0.481 e. The van der Waals surface area contributed by atoms with Gasteiger partial charge in [-0.15, -0.1) is 0 Å². The van der Waals surface area contributed by atoms with Crippen molar-refractivity contribution in [1.82, 2.24) is 4.90 Å². The number of carboxylic acid groups (broad SMARTS) is 1. The predicted molar refractivity (Wildman–Crippen MR) is 102 cm³/mol. The van der Waals surface area contributed by atoms with Gasteiger partial charge in [-0.1, -0.05) is 72.8 Å². The summed E-state index contributed by atoms with van der Waals surface area (Å²) in [6.07, 6.45) is 4.79. The van der Waals surface area contributed by atoms with Crippen molar-refractivity contribution in [3.05, 3.63) is 83.9 Å². The van der Waals surface area contributed by atoms with E-state index < -0.39 is 17.8 Å². The van der Waals surface area contributed by atoms with Gasteiger partial charge in [-0.25, -0.2) is 0 Å². The van der Waals surface area contributed by atoms with E-state index in [0.717, 1.165) is 17.5 Å². The molecule has 138 valence electrons. The highest BCUT2D eigenvalue weighted by Crippen LogP contribution is 2.49. The van der Waals surface area contributed by atoms with Gasteiger partial charge in [-0.05, 0) is 29.4 Å². The first kappa shape index (κ1) is 17.5. The van der Waals surface area contributed by atoms with Crippen molar-refractivity contribution < 1.29 is 14.7 Å². The number of allylic oxidation sites excluding steroid dienone is 2. The maximum atomic E-state index is 13.5. The van der Waals surface area contributed by atoms with E-state index in [0.29, 0.717) is 13.1 Å². The van der Waals surface area contributed by atoms with E-state index in [9.17, 15) is 14.7 Å². The van der Waals surface area contributed by atoms with Crippen LogP contribution in [0.4, 0.5) is 0 Å². The Kier molecular flexibility index (Phi) is 4.80. The highest BCUT2D eigenvalue weighted by atomic mass is 16.4. The summed E-state index contributed by atoms with van der Waals surface area (Å²) in [4.78, 5) is 27.1. The summed E-state index contributed by atoms with van der Waals surface area (Å²) in [5, 5.41) is 9.71. The Bertz CT molecular complexity index is 805. The summed E-state index contributed by atoms with van der Waals surface area (Å²) in [5.74, 6) is -1.96. The highest BCUT2D eigenvalue weighted by molar-refractivity contribution is 5.87. The first-order valence-electron chi connectivity index (χ1n) is 9.41. The van der Waals surface area contributed by atoms with Gasteiger partial charge in [0.25, 0.3) is 0 Å². The topological polar surface area (TPSA) is 57.6 Å². The van der Waals surface area contributed by atoms with Crippen molar-refractivity contribution in [2.75, 3.05) is 0 Å². The molecule has 0 aliphatic heterocycles. The molecule has 0 heterocycles. The van der Waals surface area contributed by atoms with Crippen LogP contribution in [0.2, 0.25) is 0 Å². The van der Waals surface area contributed by atoms with Crippen LogP contribution in [-0.4, -0.2) is 21.9 Å². The molecule has 2 aliphatic carbocycles. The van der Waals surface area contributed by atoms with Crippen LogP contribution < -0.4 is 0 Å². The summed E-state index contributed by atoms with van der Waals surface area (Å²) in [6.45, 7) is 0.969. The number of amides is 1. The Morgan fingerprint density at radius 3 is 1.78 bits per heavy atom. The second-order valence-corrected chi connectivity index (χ2v) is 7.50. The number of carboxylic acids is 1. The molecule has 2 aromatic rings. The fraction of sp³-hybridized carbons (Fsp3) is 0.304. The van der Waals surface area contributed by atoms with Crippen LogP contribution >= 0.6 is 0 Å². The summed E-state index contributed by atoms with van der Waals surface area (Å²) in [6, 6.07) is 19.7. The average Bonchev–Trinajstić information content (AvgIpc) is 3.30. The first-order chi connectivity index (χ1) is 13.1. The van der Waals surface area contributed by atoms with Gasteiger partial charge < -0.3 is 10.0 Å². The van der Waals surface area contributed by atoms with E-state index in [1.807, 2.05) is 77.7 Å². The molecule has 4 atom stereocenters. The first-order valence-corrected chi connectivity index (χ1v) is 9.41. The lowest BCUT2D eigenvalue weighted by atomic mass is 9.82. The third kappa shape index (κ3) is 3.52. The van der Waals surface area contributed by atoms with Crippen molar-refractivity contribution in [2.45, 2.75) is 19.5 Å². The summed E-state index contributed by atoms with van der Waals surface area (Å²) in [7, 11) is 0. The molecule has 0 spiro atoms. The van der Waals surface area contributed by atoms with Crippen LogP contribution in [0.15, 0.2) is 72.8 Å². The molecule has 0 radical (unpaired) electrons. The molecular weight excluding hydrogens is 338 g/mol. The Labute approximate surface area is 159 Å². The standard InChI is InChI=1S/C23H23NO3/c25-22(20-18-11-12-19(13-18)21(20)23(26)27)24(14-16-7-3-1-4-8-16)15-17-9-5-2-6-10-17/h1-12,18-21H,13-15H2,(H,26,27). The van der Waals surface area contributed by atoms with Crippen LogP contribution in [0.1, 0.15) is 17.5 Å². The number of nitrogens with zero attached hydrogens (tertiary/aromatic N) is 1. The van der Waals surface area contributed by atoms with Crippen LogP contribution in [0.3, 0.4) is 0 Å². The number of fused-ring (bicyclic) bond motifs is 2. The maximum absolute atomic E-state index is 13.5. The van der Waals surface area contributed by atoms with Crippen molar-refractivity contribution in [2.24, 2.45) is 23.7 Å². The number of rotatable bonds is 6. The summed E-state index contributed by atoms with van der Waals surface area (Å²) >= 11 is 0. The van der Waals surface area contributed by atoms with Crippen LogP contribution in [0.25, 0.3) is 0 Å². The molecule has 2 aromatic carbocycles. The quantitative estimate of drug-likeness (QED) is 0.798. The second-order valence-electron chi connectivity index (χ2n) is 7.50. The number of carbonyl (C=O) groups is 2. The Balaban J connectivity index is 1.62. The Hall–Kier alpha value is -2.88. The molecule has 1 saturated carbocycles. The number of hydrogen-bond acceptors (Lipinski definition) is 2.